The lowest BCUT2D eigenvalue weighted by atomic mass is 9.81. The molecule has 2 aromatic heterocycles. The quantitative estimate of drug-likeness (QED) is 0.0210. The standard InChI is InChI=1S/C55H63FN10O13/c1-3-55(78)36-23-41-51-34(28-66(41)53(76)35(36)30-79-54(55)77)50-38(14-13-33-31(2)37(56)24-39(63-51)49(33)50)61-46(72)29-64(20-21-67)19-17-57-43(69)26-60-52(75)40(22-32-10-6-4-7-11-32)62-45(71)27-59-44(70)25-58-42(68)12-8-5-9-18-65-47(73)15-16-48(65)74/h4,6-7,10-11,15-16,23-24,38,40,67,78H,3,5,8-9,12-14,17-22,25-30H2,1-2H3,(H,57,69)(H,58,68)(H,59,70)(H,60,75)(H,61,72)(H,62,71)/t38-,40-,55-/m0/s1. The van der Waals surface area contributed by atoms with Gasteiger partial charge in [-0.15, -0.1) is 0 Å². The van der Waals surface area contributed by atoms with Gasteiger partial charge in [-0.2, -0.15) is 0 Å². The fraction of sp³-hybridized carbons (Fsp3) is 0.436. The molecule has 3 aliphatic heterocycles. The van der Waals surface area contributed by atoms with E-state index in [0.717, 1.165) is 10.5 Å². The van der Waals surface area contributed by atoms with Crippen molar-refractivity contribution >= 4 is 64.1 Å². The Morgan fingerprint density at radius 1 is 0.861 bits per heavy atom. The highest BCUT2D eigenvalue weighted by atomic mass is 19.1. The van der Waals surface area contributed by atoms with Gasteiger partial charge in [0, 0.05) is 73.8 Å². The van der Waals surface area contributed by atoms with E-state index in [-0.39, 0.29) is 94.7 Å². The molecule has 2 aromatic carbocycles. The number of imide groups is 1. The number of cyclic esters (lactones) is 1. The molecule has 0 bridgehead atoms. The third-order valence-electron chi connectivity index (χ3n) is 14.7. The van der Waals surface area contributed by atoms with E-state index in [1.54, 1.807) is 55.1 Å². The highest BCUT2D eigenvalue weighted by Crippen LogP contribution is 2.46. The number of aliphatic hydroxyl groups excluding tert-OH is 1. The molecule has 0 unspecified atom stereocenters. The summed E-state index contributed by atoms with van der Waals surface area (Å²) in [5.41, 5.74) is 1.92. The summed E-state index contributed by atoms with van der Waals surface area (Å²) in [6, 6.07) is 9.91. The zero-order chi connectivity index (χ0) is 56.5. The van der Waals surface area contributed by atoms with Gasteiger partial charge in [0.05, 0.1) is 67.8 Å². The van der Waals surface area contributed by atoms with E-state index < -0.39 is 90.1 Å². The first-order valence-electron chi connectivity index (χ1n) is 26.3. The fourth-order valence-corrected chi connectivity index (χ4v) is 10.5. The number of fused-ring (bicyclic) bond motifs is 5. The summed E-state index contributed by atoms with van der Waals surface area (Å²) in [7, 11) is 0. The van der Waals surface area contributed by atoms with Crippen LogP contribution in [-0.4, -0.2) is 148 Å². The zero-order valence-corrected chi connectivity index (χ0v) is 43.8. The number of aromatic nitrogens is 2. The molecular weight excluding hydrogens is 1030 g/mol. The molecule has 0 radical (unpaired) electrons. The Labute approximate surface area is 452 Å². The highest BCUT2D eigenvalue weighted by Gasteiger charge is 2.46. The minimum absolute atomic E-state index is 0.0104. The number of hydrogen-bond donors (Lipinski definition) is 8. The third-order valence-corrected chi connectivity index (χ3v) is 14.7. The largest absolute Gasteiger partial charge is 0.458 e. The second kappa shape index (κ2) is 25.1. The molecule has 8 amide bonds. The monoisotopic (exact) mass is 1090 g/mol. The van der Waals surface area contributed by atoms with Crippen LogP contribution in [0.5, 0.6) is 0 Å². The smallest absolute Gasteiger partial charge is 0.343 e. The molecule has 8 N–H and O–H groups in total. The lowest BCUT2D eigenvalue weighted by molar-refractivity contribution is -0.172. The highest BCUT2D eigenvalue weighted by molar-refractivity contribution is 6.12. The Balaban J connectivity index is 0.822. The molecule has 24 heteroatoms. The maximum Gasteiger partial charge on any atom is 0.343 e. The Bertz CT molecular complexity index is 3180. The molecule has 4 aliphatic rings. The first-order chi connectivity index (χ1) is 37.9. The van der Waals surface area contributed by atoms with Crippen molar-refractivity contribution in [3.05, 3.63) is 110 Å². The summed E-state index contributed by atoms with van der Waals surface area (Å²) in [5, 5.41) is 37.8. The van der Waals surface area contributed by atoms with Crippen LogP contribution in [0, 0.1) is 12.7 Å². The molecule has 3 atom stereocenters. The molecule has 79 heavy (non-hydrogen) atoms. The number of nitrogens with one attached hydrogen (secondary N) is 6. The number of nitrogens with zero attached hydrogens (tertiary/aromatic N) is 4. The predicted molar refractivity (Wildman–Crippen MR) is 280 cm³/mol. The average Bonchev–Trinajstić information content (AvgIpc) is 3.88. The van der Waals surface area contributed by atoms with E-state index in [1.807, 2.05) is 0 Å². The molecule has 5 heterocycles. The number of carbonyl (C=O) groups is 9. The normalized spacial score (nSPS) is 17.2. The van der Waals surface area contributed by atoms with Gasteiger partial charge >= 0.3 is 5.97 Å². The number of amides is 8. The van der Waals surface area contributed by atoms with Gasteiger partial charge in [-0.05, 0) is 67.3 Å². The van der Waals surface area contributed by atoms with Crippen molar-refractivity contribution in [2.75, 3.05) is 59.0 Å². The van der Waals surface area contributed by atoms with Crippen molar-refractivity contribution in [2.24, 2.45) is 0 Å². The number of benzene rings is 2. The third kappa shape index (κ3) is 12.9. The first-order valence-corrected chi connectivity index (χ1v) is 26.3. The van der Waals surface area contributed by atoms with Crippen LogP contribution in [0.1, 0.15) is 90.4 Å². The fourth-order valence-electron chi connectivity index (χ4n) is 10.5. The summed E-state index contributed by atoms with van der Waals surface area (Å²) >= 11 is 0. The molecule has 1 aliphatic carbocycles. The second-order valence-corrected chi connectivity index (χ2v) is 19.9. The second-order valence-electron chi connectivity index (χ2n) is 19.9. The summed E-state index contributed by atoms with van der Waals surface area (Å²) < 4.78 is 22.2. The van der Waals surface area contributed by atoms with Crippen LogP contribution in [0.4, 0.5) is 4.39 Å². The van der Waals surface area contributed by atoms with Crippen LogP contribution in [-0.2, 0) is 79.5 Å². The van der Waals surface area contributed by atoms with Crippen molar-refractivity contribution in [3.63, 3.8) is 0 Å². The average molecular weight is 1090 g/mol. The Kier molecular flexibility index (Phi) is 18.1. The minimum atomic E-state index is -2.06. The molecule has 4 aromatic rings. The van der Waals surface area contributed by atoms with Crippen LogP contribution in [0.25, 0.3) is 22.3 Å². The molecule has 418 valence electrons. The van der Waals surface area contributed by atoms with Gasteiger partial charge < -0.3 is 51.4 Å². The molecule has 0 spiro atoms. The van der Waals surface area contributed by atoms with Crippen LogP contribution >= 0.6 is 0 Å². The number of aliphatic hydroxyl groups is 2. The van der Waals surface area contributed by atoms with E-state index in [1.165, 1.54) is 22.8 Å². The molecule has 23 nitrogen and oxygen atoms in total. The van der Waals surface area contributed by atoms with Crippen LogP contribution in [0.15, 0.2) is 59.4 Å². The number of hydrogen-bond acceptors (Lipinski definition) is 15. The summed E-state index contributed by atoms with van der Waals surface area (Å²) in [5.74, 6) is -5.54. The van der Waals surface area contributed by atoms with Gasteiger partial charge in [0.2, 0.25) is 35.4 Å². The van der Waals surface area contributed by atoms with Crippen molar-refractivity contribution < 1.29 is 62.5 Å². The van der Waals surface area contributed by atoms with Crippen molar-refractivity contribution in [3.8, 4) is 11.4 Å². The number of unbranched alkanes of at least 4 members (excludes halogenated alkanes) is 2. The SMILES string of the molecule is CC[C@@]1(O)C(=O)OCc2c1cc1n(c2=O)Cc2c-1nc1cc(F)c(C)c3c1c2[C@@H](NC(=O)CN(CCO)CCNC(=O)CNC(=O)[C@H](Cc1ccccc1)NC(=O)CNC(=O)CNC(=O)CCCCCN1C(=O)C=CC1=O)CC3. The lowest BCUT2D eigenvalue weighted by Crippen LogP contribution is -2.52. The molecular formula is C55H63FN10O13. The molecule has 8 rings (SSSR count). The summed E-state index contributed by atoms with van der Waals surface area (Å²) in [4.78, 5) is 136. The number of esters is 1. The van der Waals surface area contributed by atoms with Gasteiger partial charge in [-0.25, -0.2) is 14.2 Å². The number of halogens is 1. The maximum absolute atomic E-state index is 15.5. The summed E-state index contributed by atoms with van der Waals surface area (Å²) in [6.07, 6.45) is 4.84. The van der Waals surface area contributed by atoms with Gasteiger partial charge in [0.15, 0.2) is 5.60 Å². The van der Waals surface area contributed by atoms with Crippen LogP contribution in [0.2, 0.25) is 0 Å². The Morgan fingerprint density at radius 2 is 1.57 bits per heavy atom. The van der Waals surface area contributed by atoms with Gasteiger partial charge in [-0.1, -0.05) is 43.7 Å². The molecule has 0 fully saturated rings. The van der Waals surface area contributed by atoms with Crippen molar-refractivity contribution in [1.29, 1.82) is 0 Å². The zero-order valence-electron chi connectivity index (χ0n) is 43.8. The van der Waals surface area contributed by atoms with E-state index in [2.05, 4.69) is 31.9 Å². The van der Waals surface area contributed by atoms with Crippen LogP contribution < -0.4 is 37.5 Å². The van der Waals surface area contributed by atoms with E-state index in [0.29, 0.717) is 76.6 Å². The van der Waals surface area contributed by atoms with E-state index in [4.69, 9.17) is 9.72 Å². The maximum atomic E-state index is 15.5. The molecule has 0 saturated carbocycles. The van der Waals surface area contributed by atoms with E-state index >= 15 is 4.39 Å². The number of ether oxygens (including phenoxy) is 1. The Morgan fingerprint density at radius 3 is 2.30 bits per heavy atom. The minimum Gasteiger partial charge on any atom is -0.458 e. The van der Waals surface area contributed by atoms with Gasteiger partial charge in [0.1, 0.15) is 18.5 Å². The molecule has 0 saturated heterocycles. The summed E-state index contributed by atoms with van der Waals surface area (Å²) in [6.45, 7) is 1.53. The van der Waals surface area contributed by atoms with E-state index in [9.17, 15) is 58.2 Å². The topological polar surface area (TPSA) is 317 Å². The lowest BCUT2D eigenvalue weighted by Gasteiger charge is -2.31. The number of carbonyl (C=O) groups excluding carboxylic acids is 9. The van der Waals surface area contributed by atoms with Crippen molar-refractivity contribution in [1.82, 2.24) is 51.3 Å². The predicted octanol–water partition coefficient (Wildman–Crippen LogP) is -0.397. The number of rotatable bonds is 25. The first kappa shape index (κ1) is 57.0. The Hall–Kier alpha value is -8.22. The number of aryl methyl sites for hydroxylation is 1. The van der Waals surface area contributed by atoms with Crippen LogP contribution in [0.3, 0.4) is 0 Å². The number of pyridine rings is 2. The van der Waals surface area contributed by atoms with Crippen molar-refractivity contribution in [2.45, 2.75) is 96.1 Å². The van der Waals surface area contributed by atoms with Gasteiger partial charge in [0.25, 0.3) is 17.4 Å². The van der Waals surface area contributed by atoms with Gasteiger partial charge in [-0.3, -0.25) is 53.0 Å².